The standard InChI is InChI=1S/C24H30N4O/c1-5-21(19-10-6-17(7-11-19)15(2)3)26-22(29)14-28-24-23(16(4)27-28)20(12-13-25-24)18-8-9-18/h6-7,10-13,15,18,21H,5,8-9,14H2,1-4H3,(H,26,29). The zero-order valence-electron chi connectivity index (χ0n) is 17.8. The first-order valence-electron chi connectivity index (χ1n) is 10.7. The molecule has 2 heterocycles. The van der Waals surface area contributed by atoms with Crippen molar-refractivity contribution in [1.82, 2.24) is 20.1 Å². The molecule has 5 heteroatoms. The fraction of sp³-hybridized carbons (Fsp3) is 0.458. The molecule has 3 aromatic rings. The number of aryl methyl sites for hydroxylation is 1. The Morgan fingerprint density at radius 1 is 1.17 bits per heavy atom. The summed E-state index contributed by atoms with van der Waals surface area (Å²) in [6.45, 7) is 8.67. The van der Waals surface area contributed by atoms with Gasteiger partial charge in [0.15, 0.2) is 5.65 Å². The number of carbonyl (C=O) groups excluding carboxylic acids is 1. The number of rotatable bonds is 7. The summed E-state index contributed by atoms with van der Waals surface area (Å²) in [6.07, 6.45) is 5.16. The lowest BCUT2D eigenvalue weighted by atomic mass is 9.98. The van der Waals surface area contributed by atoms with E-state index in [0.717, 1.165) is 28.7 Å². The van der Waals surface area contributed by atoms with Crippen LogP contribution in [0.4, 0.5) is 0 Å². The van der Waals surface area contributed by atoms with Crippen LogP contribution in [-0.2, 0) is 11.3 Å². The summed E-state index contributed by atoms with van der Waals surface area (Å²) in [5.41, 5.74) is 5.55. The molecular formula is C24H30N4O. The average molecular weight is 391 g/mol. The predicted molar refractivity (Wildman–Crippen MR) is 116 cm³/mol. The van der Waals surface area contributed by atoms with Gasteiger partial charge in [0.2, 0.25) is 5.91 Å². The fourth-order valence-electron chi connectivity index (χ4n) is 4.07. The molecule has 4 rings (SSSR count). The minimum atomic E-state index is -0.0344. The third-order valence-electron chi connectivity index (χ3n) is 5.90. The SMILES string of the molecule is CCC(NC(=O)Cn1nc(C)c2c(C3CC3)ccnc21)c1ccc(C(C)C)cc1. The molecule has 0 bridgehead atoms. The van der Waals surface area contributed by atoms with Crippen molar-refractivity contribution in [3.63, 3.8) is 0 Å². The Hall–Kier alpha value is -2.69. The Morgan fingerprint density at radius 2 is 1.86 bits per heavy atom. The lowest BCUT2D eigenvalue weighted by Crippen LogP contribution is -2.31. The van der Waals surface area contributed by atoms with Gasteiger partial charge in [-0.1, -0.05) is 45.0 Å². The summed E-state index contributed by atoms with van der Waals surface area (Å²) >= 11 is 0. The summed E-state index contributed by atoms with van der Waals surface area (Å²) in [5.74, 6) is 1.10. The average Bonchev–Trinajstić information content (AvgIpc) is 3.51. The van der Waals surface area contributed by atoms with Crippen molar-refractivity contribution < 1.29 is 4.79 Å². The van der Waals surface area contributed by atoms with Crippen LogP contribution < -0.4 is 5.32 Å². The lowest BCUT2D eigenvalue weighted by Gasteiger charge is -2.18. The summed E-state index contributed by atoms with van der Waals surface area (Å²) in [7, 11) is 0. The van der Waals surface area contributed by atoms with E-state index in [1.807, 2.05) is 13.1 Å². The number of hydrogen-bond acceptors (Lipinski definition) is 3. The predicted octanol–water partition coefficient (Wildman–Crippen LogP) is 5.01. The molecule has 0 spiro atoms. The van der Waals surface area contributed by atoms with Crippen LogP contribution in [0.5, 0.6) is 0 Å². The molecule has 0 saturated heterocycles. The molecule has 1 saturated carbocycles. The molecule has 0 radical (unpaired) electrons. The van der Waals surface area contributed by atoms with Gasteiger partial charge in [-0.15, -0.1) is 0 Å². The van der Waals surface area contributed by atoms with E-state index in [-0.39, 0.29) is 18.5 Å². The van der Waals surface area contributed by atoms with Crippen molar-refractivity contribution in [2.24, 2.45) is 0 Å². The van der Waals surface area contributed by atoms with Crippen LogP contribution in [0.25, 0.3) is 11.0 Å². The molecule has 5 nitrogen and oxygen atoms in total. The summed E-state index contributed by atoms with van der Waals surface area (Å²) < 4.78 is 1.75. The van der Waals surface area contributed by atoms with Crippen LogP contribution in [-0.4, -0.2) is 20.7 Å². The quantitative estimate of drug-likeness (QED) is 0.617. The number of pyridine rings is 1. The highest BCUT2D eigenvalue weighted by molar-refractivity contribution is 5.85. The van der Waals surface area contributed by atoms with Crippen molar-refractivity contribution >= 4 is 16.9 Å². The molecule has 29 heavy (non-hydrogen) atoms. The number of hydrogen-bond donors (Lipinski definition) is 1. The van der Waals surface area contributed by atoms with Crippen molar-refractivity contribution in [1.29, 1.82) is 0 Å². The first kappa shape index (κ1) is 19.6. The maximum Gasteiger partial charge on any atom is 0.242 e. The normalized spacial score (nSPS) is 15.1. The Bertz CT molecular complexity index is 1020. The minimum Gasteiger partial charge on any atom is -0.348 e. The zero-order valence-corrected chi connectivity index (χ0v) is 17.8. The van der Waals surface area contributed by atoms with Gasteiger partial charge in [0.1, 0.15) is 6.54 Å². The molecule has 1 fully saturated rings. The summed E-state index contributed by atoms with van der Waals surface area (Å²) in [4.78, 5) is 17.3. The summed E-state index contributed by atoms with van der Waals surface area (Å²) in [6, 6.07) is 10.7. The van der Waals surface area contributed by atoms with Crippen LogP contribution in [0.15, 0.2) is 36.5 Å². The highest BCUT2D eigenvalue weighted by atomic mass is 16.2. The maximum atomic E-state index is 12.8. The topological polar surface area (TPSA) is 59.8 Å². The number of fused-ring (bicyclic) bond motifs is 1. The highest BCUT2D eigenvalue weighted by Crippen LogP contribution is 2.43. The molecule has 1 aliphatic rings. The Morgan fingerprint density at radius 3 is 2.48 bits per heavy atom. The number of nitrogens with zero attached hydrogens (tertiary/aromatic N) is 3. The maximum absolute atomic E-state index is 12.8. The molecule has 1 unspecified atom stereocenters. The van der Waals surface area contributed by atoms with Gasteiger partial charge in [0.25, 0.3) is 0 Å². The fourth-order valence-corrected chi connectivity index (χ4v) is 4.07. The first-order chi connectivity index (χ1) is 14.0. The number of aromatic nitrogens is 3. The molecule has 1 amide bonds. The molecule has 1 atom stereocenters. The van der Waals surface area contributed by atoms with Crippen molar-refractivity contribution in [3.05, 3.63) is 58.9 Å². The molecule has 2 aromatic heterocycles. The van der Waals surface area contributed by atoms with Gasteiger partial charge in [0, 0.05) is 11.6 Å². The number of benzene rings is 1. The van der Waals surface area contributed by atoms with E-state index in [2.05, 4.69) is 66.5 Å². The smallest absolute Gasteiger partial charge is 0.242 e. The van der Waals surface area contributed by atoms with E-state index >= 15 is 0 Å². The summed E-state index contributed by atoms with van der Waals surface area (Å²) in [5, 5.41) is 8.93. The number of carbonyl (C=O) groups is 1. The molecule has 1 N–H and O–H groups in total. The van der Waals surface area contributed by atoms with Crippen LogP contribution in [0, 0.1) is 6.92 Å². The van der Waals surface area contributed by atoms with E-state index in [1.54, 1.807) is 4.68 Å². The van der Waals surface area contributed by atoms with Crippen LogP contribution >= 0.6 is 0 Å². The van der Waals surface area contributed by atoms with Gasteiger partial charge in [0.05, 0.1) is 11.7 Å². The molecular weight excluding hydrogens is 360 g/mol. The second-order valence-electron chi connectivity index (χ2n) is 8.47. The minimum absolute atomic E-state index is 0.00150. The molecule has 1 aliphatic carbocycles. The van der Waals surface area contributed by atoms with E-state index in [9.17, 15) is 4.79 Å². The second kappa shape index (κ2) is 7.97. The Labute approximate surface area is 172 Å². The Kier molecular flexibility index (Phi) is 5.39. The number of amides is 1. The van der Waals surface area contributed by atoms with Crippen LogP contribution in [0.1, 0.15) is 80.3 Å². The van der Waals surface area contributed by atoms with E-state index < -0.39 is 0 Å². The first-order valence-corrected chi connectivity index (χ1v) is 10.7. The zero-order chi connectivity index (χ0) is 20.5. The van der Waals surface area contributed by atoms with Gasteiger partial charge in [-0.2, -0.15) is 5.10 Å². The number of nitrogens with one attached hydrogen (secondary N) is 1. The molecule has 0 aliphatic heterocycles. The second-order valence-corrected chi connectivity index (χ2v) is 8.47. The molecule has 152 valence electrons. The van der Waals surface area contributed by atoms with Gasteiger partial charge in [-0.3, -0.25) is 4.79 Å². The van der Waals surface area contributed by atoms with E-state index in [1.165, 1.54) is 24.0 Å². The van der Waals surface area contributed by atoms with Crippen molar-refractivity contribution in [3.8, 4) is 0 Å². The van der Waals surface area contributed by atoms with Gasteiger partial charge in [-0.25, -0.2) is 9.67 Å². The van der Waals surface area contributed by atoms with Gasteiger partial charge in [-0.05, 0) is 60.8 Å². The lowest BCUT2D eigenvalue weighted by molar-refractivity contribution is -0.122. The van der Waals surface area contributed by atoms with Crippen molar-refractivity contribution in [2.45, 2.75) is 71.4 Å². The third kappa shape index (κ3) is 4.04. The van der Waals surface area contributed by atoms with E-state index in [4.69, 9.17) is 0 Å². The van der Waals surface area contributed by atoms with Crippen LogP contribution in [0.3, 0.4) is 0 Å². The van der Waals surface area contributed by atoms with Crippen molar-refractivity contribution in [2.75, 3.05) is 0 Å². The Balaban J connectivity index is 1.51. The van der Waals surface area contributed by atoms with Crippen LogP contribution in [0.2, 0.25) is 0 Å². The monoisotopic (exact) mass is 390 g/mol. The largest absolute Gasteiger partial charge is 0.348 e. The van der Waals surface area contributed by atoms with E-state index in [0.29, 0.717) is 11.8 Å². The third-order valence-corrected chi connectivity index (χ3v) is 5.90. The van der Waals surface area contributed by atoms with Gasteiger partial charge >= 0.3 is 0 Å². The molecule has 1 aromatic carbocycles. The van der Waals surface area contributed by atoms with Gasteiger partial charge < -0.3 is 5.32 Å². The highest BCUT2D eigenvalue weighted by Gasteiger charge is 2.28.